The fraction of sp³-hybridized carbons (Fsp3) is 0.455. The molecular weight excluding hydrogens is 432 g/mol. The molecule has 9 heteroatoms. The van der Waals surface area contributed by atoms with E-state index >= 15 is 0 Å². The first-order valence-electron chi connectivity index (χ1n) is 10.8. The summed E-state index contributed by atoms with van der Waals surface area (Å²) in [4.78, 5) is 6.83. The quantitative estimate of drug-likeness (QED) is 0.556. The zero-order valence-corrected chi connectivity index (χ0v) is 18.9. The van der Waals surface area contributed by atoms with Crippen LogP contribution in [0.1, 0.15) is 43.1 Å². The van der Waals surface area contributed by atoms with E-state index in [-0.39, 0.29) is 0 Å². The standard InChI is InChI=1S/C22H26N4O3S2/c27-31(28,26-12-10-25(11-13-26)15-17-6-2-1-3-7-17)20-14-19(16-30-20)21-23-22(29-24-21)18-8-4-5-9-18/h1-3,6-7,14,16,18H,4-5,8-13,15H2. The first kappa shape index (κ1) is 20.8. The average Bonchev–Trinajstić information content (AvgIpc) is 3.56. The summed E-state index contributed by atoms with van der Waals surface area (Å²) in [5.74, 6) is 1.50. The van der Waals surface area contributed by atoms with E-state index in [4.69, 9.17) is 4.52 Å². The molecule has 1 saturated heterocycles. The second-order valence-corrected chi connectivity index (χ2v) is 11.3. The van der Waals surface area contributed by atoms with Crippen LogP contribution < -0.4 is 0 Å². The highest BCUT2D eigenvalue weighted by atomic mass is 32.2. The molecule has 7 nitrogen and oxygen atoms in total. The Morgan fingerprint density at radius 1 is 1.06 bits per heavy atom. The van der Waals surface area contributed by atoms with Gasteiger partial charge in [-0.05, 0) is 24.5 Å². The minimum Gasteiger partial charge on any atom is -0.339 e. The Morgan fingerprint density at radius 2 is 1.81 bits per heavy atom. The Balaban J connectivity index is 1.24. The van der Waals surface area contributed by atoms with Gasteiger partial charge in [-0.25, -0.2) is 8.42 Å². The van der Waals surface area contributed by atoms with Crippen molar-refractivity contribution in [2.75, 3.05) is 26.2 Å². The predicted octanol–water partition coefficient (Wildman–Crippen LogP) is 3.96. The molecule has 0 N–H and O–H groups in total. The number of hydrogen-bond donors (Lipinski definition) is 0. The molecule has 0 unspecified atom stereocenters. The van der Waals surface area contributed by atoms with Crippen LogP contribution in [0.25, 0.3) is 11.4 Å². The summed E-state index contributed by atoms with van der Waals surface area (Å²) < 4.78 is 33.7. The summed E-state index contributed by atoms with van der Waals surface area (Å²) in [6.07, 6.45) is 4.56. The maximum atomic E-state index is 13.2. The zero-order chi connectivity index (χ0) is 21.3. The van der Waals surface area contributed by atoms with E-state index in [2.05, 4.69) is 27.2 Å². The van der Waals surface area contributed by atoms with E-state index in [1.807, 2.05) is 23.6 Å². The Bertz CT molecular complexity index is 1110. The topological polar surface area (TPSA) is 79.5 Å². The summed E-state index contributed by atoms with van der Waals surface area (Å²) in [7, 11) is -3.52. The van der Waals surface area contributed by atoms with Crippen molar-refractivity contribution >= 4 is 21.4 Å². The molecular formula is C22H26N4O3S2. The minimum atomic E-state index is -3.52. The molecule has 5 rings (SSSR count). The Kier molecular flexibility index (Phi) is 5.92. The molecule has 3 heterocycles. The average molecular weight is 459 g/mol. The predicted molar refractivity (Wildman–Crippen MR) is 119 cm³/mol. The van der Waals surface area contributed by atoms with Crippen LogP contribution in [-0.2, 0) is 16.6 Å². The van der Waals surface area contributed by atoms with E-state index in [9.17, 15) is 8.42 Å². The molecule has 0 spiro atoms. The van der Waals surface area contributed by atoms with Gasteiger partial charge in [0.2, 0.25) is 11.7 Å². The fourth-order valence-corrected chi connectivity index (χ4v) is 7.09. The molecule has 0 bridgehead atoms. The molecule has 2 aromatic heterocycles. The van der Waals surface area contributed by atoms with E-state index in [1.54, 1.807) is 10.4 Å². The molecule has 1 aliphatic carbocycles. The molecule has 3 aromatic rings. The van der Waals surface area contributed by atoms with Gasteiger partial charge in [0, 0.05) is 49.6 Å². The summed E-state index contributed by atoms with van der Waals surface area (Å²) in [5, 5.41) is 5.90. The Labute approximate surface area is 186 Å². The molecule has 164 valence electrons. The van der Waals surface area contributed by atoms with E-state index < -0.39 is 10.0 Å². The third kappa shape index (κ3) is 4.45. The third-order valence-electron chi connectivity index (χ3n) is 6.15. The van der Waals surface area contributed by atoms with Crippen molar-refractivity contribution in [3.8, 4) is 11.4 Å². The molecule has 1 aliphatic heterocycles. The molecule has 1 aromatic carbocycles. The minimum absolute atomic E-state index is 0.339. The van der Waals surface area contributed by atoms with Crippen LogP contribution >= 0.6 is 11.3 Å². The van der Waals surface area contributed by atoms with Crippen LogP contribution in [0.5, 0.6) is 0 Å². The van der Waals surface area contributed by atoms with Gasteiger partial charge in [-0.15, -0.1) is 11.3 Å². The monoisotopic (exact) mass is 458 g/mol. The second kappa shape index (κ2) is 8.82. The maximum Gasteiger partial charge on any atom is 0.252 e. The van der Waals surface area contributed by atoms with Crippen LogP contribution in [0.15, 0.2) is 50.5 Å². The lowest BCUT2D eigenvalue weighted by Gasteiger charge is -2.33. The van der Waals surface area contributed by atoms with Crippen molar-refractivity contribution < 1.29 is 12.9 Å². The second-order valence-electron chi connectivity index (χ2n) is 8.26. The number of rotatable bonds is 6. The highest BCUT2D eigenvalue weighted by molar-refractivity contribution is 7.91. The van der Waals surface area contributed by atoms with Gasteiger partial charge in [0.15, 0.2) is 0 Å². The first-order chi connectivity index (χ1) is 15.1. The van der Waals surface area contributed by atoms with Crippen molar-refractivity contribution in [1.29, 1.82) is 0 Å². The van der Waals surface area contributed by atoms with Gasteiger partial charge < -0.3 is 4.52 Å². The van der Waals surface area contributed by atoms with Crippen molar-refractivity contribution in [3.05, 3.63) is 53.2 Å². The third-order valence-corrected chi connectivity index (χ3v) is 9.47. The lowest BCUT2D eigenvalue weighted by Crippen LogP contribution is -2.48. The van der Waals surface area contributed by atoms with Crippen molar-refractivity contribution in [2.24, 2.45) is 0 Å². The lowest BCUT2D eigenvalue weighted by atomic mass is 10.1. The molecule has 2 aliphatic rings. The van der Waals surface area contributed by atoms with E-state index in [1.165, 1.54) is 29.7 Å². The summed E-state index contributed by atoms with van der Waals surface area (Å²) in [6, 6.07) is 12.0. The van der Waals surface area contributed by atoms with Gasteiger partial charge in [0.05, 0.1) is 0 Å². The molecule has 0 amide bonds. The number of hydrogen-bond acceptors (Lipinski definition) is 7. The molecule has 0 radical (unpaired) electrons. The summed E-state index contributed by atoms with van der Waals surface area (Å²) in [5.41, 5.74) is 1.96. The number of nitrogens with zero attached hydrogens (tertiary/aromatic N) is 4. The highest BCUT2D eigenvalue weighted by Crippen LogP contribution is 2.35. The van der Waals surface area contributed by atoms with Gasteiger partial charge in [0.25, 0.3) is 10.0 Å². The van der Waals surface area contributed by atoms with Crippen molar-refractivity contribution in [1.82, 2.24) is 19.3 Å². The van der Waals surface area contributed by atoms with Gasteiger partial charge in [-0.1, -0.05) is 48.3 Å². The number of benzene rings is 1. The normalized spacial score (nSPS) is 19.2. The maximum absolute atomic E-state index is 13.2. The van der Waals surface area contributed by atoms with Gasteiger partial charge in [-0.2, -0.15) is 9.29 Å². The van der Waals surface area contributed by atoms with Gasteiger partial charge in [0.1, 0.15) is 4.21 Å². The largest absolute Gasteiger partial charge is 0.339 e. The Hall–Kier alpha value is -2.07. The molecule has 0 atom stereocenters. The van der Waals surface area contributed by atoms with Crippen LogP contribution in [0.4, 0.5) is 0 Å². The summed E-state index contributed by atoms with van der Waals surface area (Å²) >= 11 is 1.23. The fourth-order valence-electron chi connectivity index (χ4n) is 4.36. The number of thiophene rings is 1. The van der Waals surface area contributed by atoms with Crippen LogP contribution in [0.2, 0.25) is 0 Å². The SMILES string of the molecule is O=S(=O)(c1cc(-c2noc(C3CCCC3)n2)cs1)N1CCN(Cc2ccccc2)CC1. The first-order valence-corrected chi connectivity index (χ1v) is 13.1. The molecule has 1 saturated carbocycles. The van der Waals surface area contributed by atoms with Crippen molar-refractivity contribution in [2.45, 2.75) is 42.4 Å². The lowest BCUT2D eigenvalue weighted by molar-refractivity contribution is 0.182. The van der Waals surface area contributed by atoms with Gasteiger partial charge in [-0.3, -0.25) is 4.90 Å². The van der Waals surface area contributed by atoms with Crippen LogP contribution in [0.3, 0.4) is 0 Å². The highest BCUT2D eigenvalue weighted by Gasteiger charge is 2.30. The smallest absolute Gasteiger partial charge is 0.252 e. The van der Waals surface area contributed by atoms with Crippen LogP contribution in [-0.4, -0.2) is 53.9 Å². The summed E-state index contributed by atoms with van der Waals surface area (Å²) in [6.45, 7) is 3.29. The molecule has 31 heavy (non-hydrogen) atoms. The molecule has 2 fully saturated rings. The van der Waals surface area contributed by atoms with E-state index in [0.29, 0.717) is 40.5 Å². The Morgan fingerprint density at radius 3 is 2.55 bits per heavy atom. The van der Waals surface area contributed by atoms with E-state index in [0.717, 1.165) is 32.5 Å². The van der Waals surface area contributed by atoms with Crippen molar-refractivity contribution in [3.63, 3.8) is 0 Å². The zero-order valence-electron chi connectivity index (χ0n) is 17.3. The van der Waals surface area contributed by atoms with Gasteiger partial charge >= 0.3 is 0 Å². The number of sulfonamides is 1. The number of piperazine rings is 1. The van der Waals surface area contributed by atoms with Crippen LogP contribution in [0, 0.1) is 0 Å². The number of aromatic nitrogens is 2.